The standard InChI is InChI=1S/C22H26N2O6S/c1-24(17-9-3-2-4-10-17)31(28,29)20-13-6-5-12-19(20)23-21(26)15-30-22(27)16-8-7-11-18(25)14-16/h5-8,11-14,17,25H,2-4,9-10,15H2,1H3,(H,23,26). The van der Waals surface area contributed by atoms with Gasteiger partial charge in [-0.15, -0.1) is 0 Å². The van der Waals surface area contributed by atoms with E-state index in [1.807, 2.05) is 0 Å². The molecule has 0 heterocycles. The molecule has 3 rings (SSSR count). The Morgan fingerprint density at radius 1 is 1.10 bits per heavy atom. The predicted molar refractivity (Wildman–Crippen MR) is 115 cm³/mol. The summed E-state index contributed by atoms with van der Waals surface area (Å²) in [5.41, 5.74) is 0.230. The zero-order valence-electron chi connectivity index (χ0n) is 17.3. The van der Waals surface area contributed by atoms with Crippen LogP contribution in [-0.4, -0.2) is 49.4 Å². The van der Waals surface area contributed by atoms with Gasteiger partial charge in [0.15, 0.2) is 6.61 Å². The summed E-state index contributed by atoms with van der Waals surface area (Å²) in [5.74, 6) is -1.54. The summed E-state index contributed by atoms with van der Waals surface area (Å²) in [6, 6.07) is 11.7. The third-order valence-electron chi connectivity index (χ3n) is 5.32. The zero-order chi connectivity index (χ0) is 22.4. The molecule has 1 fully saturated rings. The molecule has 2 N–H and O–H groups in total. The highest BCUT2D eigenvalue weighted by molar-refractivity contribution is 7.89. The molecule has 1 aliphatic rings. The zero-order valence-corrected chi connectivity index (χ0v) is 18.1. The fraction of sp³-hybridized carbons (Fsp3) is 0.364. The summed E-state index contributed by atoms with van der Waals surface area (Å²) < 4.78 is 32.7. The van der Waals surface area contributed by atoms with Gasteiger partial charge < -0.3 is 15.2 Å². The summed E-state index contributed by atoms with van der Waals surface area (Å²) in [6.45, 7) is -0.596. The molecule has 0 aromatic heterocycles. The van der Waals surface area contributed by atoms with Crippen molar-refractivity contribution in [3.63, 3.8) is 0 Å². The minimum atomic E-state index is -3.81. The first-order valence-electron chi connectivity index (χ1n) is 10.1. The lowest BCUT2D eigenvalue weighted by molar-refractivity contribution is -0.119. The molecule has 1 amide bonds. The van der Waals surface area contributed by atoms with Crippen LogP contribution < -0.4 is 5.32 Å². The normalized spacial score (nSPS) is 14.9. The summed E-state index contributed by atoms with van der Waals surface area (Å²) >= 11 is 0. The van der Waals surface area contributed by atoms with Gasteiger partial charge >= 0.3 is 5.97 Å². The quantitative estimate of drug-likeness (QED) is 0.632. The van der Waals surface area contributed by atoms with Crippen molar-refractivity contribution >= 4 is 27.6 Å². The molecule has 1 saturated carbocycles. The van der Waals surface area contributed by atoms with Crippen LogP contribution in [0.5, 0.6) is 5.75 Å². The maximum atomic E-state index is 13.2. The number of esters is 1. The lowest BCUT2D eigenvalue weighted by Crippen LogP contribution is -2.38. The van der Waals surface area contributed by atoms with Crippen LogP contribution in [0, 0.1) is 0 Å². The number of anilines is 1. The summed E-state index contributed by atoms with van der Waals surface area (Å²) in [4.78, 5) is 24.3. The van der Waals surface area contributed by atoms with E-state index < -0.39 is 28.5 Å². The second kappa shape index (κ2) is 9.93. The number of phenols is 1. The second-order valence-electron chi connectivity index (χ2n) is 7.48. The Hall–Kier alpha value is -2.91. The van der Waals surface area contributed by atoms with E-state index in [4.69, 9.17) is 4.74 Å². The number of hydrogen-bond acceptors (Lipinski definition) is 6. The highest BCUT2D eigenvalue weighted by atomic mass is 32.2. The third-order valence-corrected chi connectivity index (χ3v) is 7.29. The van der Waals surface area contributed by atoms with E-state index in [-0.39, 0.29) is 27.9 Å². The molecule has 2 aromatic rings. The molecule has 8 nitrogen and oxygen atoms in total. The number of carbonyl (C=O) groups excluding carboxylic acids is 2. The number of amides is 1. The van der Waals surface area contributed by atoms with Crippen LogP contribution in [0.3, 0.4) is 0 Å². The number of benzene rings is 2. The van der Waals surface area contributed by atoms with Gasteiger partial charge in [-0.25, -0.2) is 13.2 Å². The number of aromatic hydroxyl groups is 1. The topological polar surface area (TPSA) is 113 Å². The highest BCUT2D eigenvalue weighted by Crippen LogP contribution is 2.29. The number of rotatable bonds is 7. The van der Waals surface area contributed by atoms with Gasteiger partial charge in [-0.3, -0.25) is 4.79 Å². The van der Waals surface area contributed by atoms with E-state index in [1.54, 1.807) is 19.2 Å². The number of carbonyl (C=O) groups is 2. The van der Waals surface area contributed by atoms with Crippen LogP contribution >= 0.6 is 0 Å². The summed E-state index contributed by atoms with van der Waals surface area (Å²) in [5, 5.41) is 12.0. The van der Waals surface area contributed by atoms with Gasteiger partial charge in [0, 0.05) is 13.1 Å². The molecule has 0 bridgehead atoms. The number of phenolic OH excluding ortho intramolecular Hbond substituents is 1. The number of hydrogen-bond donors (Lipinski definition) is 2. The predicted octanol–water partition coefficient (Wildman–Crippen LogP) is 3.14. The molecular formula is C22H26N2O6S. The number of sulfonamides is 1. The average molecular weight is 447 g/mol. The Morgan fingerprint density at radius 3 is 2.52 bits per heavy atom. The number of ether oxygens (including phenoxy) is 1. The van der Waals surface area contributed by atoms with Crippen LogP contribution in [0.1, 0.15) is 42.5 Å². The first kappa shape index (κ1) is 22.8. The van der Waals surface area contributed by atoms with Crippen molar-refractivity contribution < 1.29 is 27.9 Å². The lowest BCUT2D eigenvalue weighted by Gasteiger charge is -2.30. The molecule has 0 radical (unpaired) electrons. The van der Waals surface area contributed by atoms with Crippen molar-refractivity contribution in [2.24, 2.45) is 0 Å². The minimum absolute atomic E-state index is 0.00395. The van der Waals surface area contributed by atoms with E-state index in [2.05, 4.69) is 5.32 Å². The van der Waals surface area contributed by atoms with Crippen molar-refractivity contribution in [1.29, 1.82) is 0 Å². The van der Waals surface area contributed by atoms with Gasteiger partial charge in [0.05, 0.1) is 11.3 Å². The molecule has 1 aliphatic carbocycles. The molecule has 0 atom stereocenters. The Morgan fingerprint density at radius 2 is 1.81 bits per heavy atom. The lowest BCUT2D eigenvalue weighted by atomic mass is 9.96. The maximum absolute atomic E-state index is 13.2. The van der Waals surface area contributed by atoms with Gasteiger partial charge in [-0.1, -0.05) is 37.5 Å². The monoisotopic (exact) mass is 446 g/mol. The Bertz CT molecular complexity index is 1050. The molecule has 0 aliphatic heterocycles. The van der Waals surface area contributed by atoms with Crippen molar-refractivity contribution in [3.05, 3.63) is 54.1 Å². The summed E-state index contributed by atoms with van der Waals surface area (Å²) in [7, 11) is -2.24. The molecule has 166 valence electrons. The SMILES string of the molecule is CN(C1CCCCC1)S(=O)(=O)c1ccccc1NC(=O)COC(=O)c1cccc(O)c1. The smallest absolute Gasteiger partial charge is 0.338 e. The Kier molecular flexibility index (Phi) is 7.29. The van der Waals surface area contributed by atoms with E-state index in [0.717, 1.165) is 32.1 Å². The Balaban J connectivity index is 1.68. The number of nitrogens with one attached hydrogen (secondary N) is 1. The molecular weight excluding hydrogens is 420 g/mol. The van der Waals surface area contributed by atoms with E-state index in [1.165, 1.54) is 40.7 Å². The Labute approximate surface area is 181 Å². The van der Waals surface area contributed by atoms with Gasteiger partial charge in [0.1, 0.15) is 10.6 Å². The fourth-order valence-corrected chi connectivity index (χ4v) is 5.19. The van der Waals surface area contributed by atoms with E-state index >= 15 is 0 Å². The largest absolute Gasteiger partial charge is 0.508 e. The van der Waals surface area contributed by atoms with Crippen LogP contribution in [0.25, 0.3) is 0 Å². The van der Waals surface area contributed by atoms with Crippen molar-refractivity contribution in [2.75, 3.05) is 19.0 Å². The van der Waals surface area contributed by atoms with Crippen molar-refractivity contribution in [1.82, 2.24) is 4.31 Å². The van der Waals surface area contributed by atoms with Gasteiger partial charge in [0.25, 0.3) is 5.91 Å². The van der Waals surface area contributed by atoms with Gasteiger partial charge in [-0.2, -0.15) is 4.31 Å². The van der Waals surface area contributed by atoms with Crippen LogP contribution in [0.2, 0.25) is 0 Å². The summed E-state index contributed by atoms with van der Waals surface area (Å²) in [6.07, 6.45) is 4.73. The fourth-order valence-electron chi connectivity index (χ4n) is 3.62. The molecule has 0 saturated heterocycles. The molecule has 0 spiro atoms. The first-order valence-corrected chi connectivity index (χ1v) is 11.6. The van der Waals surface area contributed by atoms with Crippen LogP contribution in [-0.2, 0) is 19.6 Å². The second-order valence-corrected chi connectivity index (χ2v) is 9.45. The molecule has 9 heteroatoms. The van der Waals surface area contributed by atoms with Gasteiger partial charge in [0.2, 0.25) is 10.0 Å². The third kappa shape index (κ3) is 5.62. The van der Waals surface area contributed by atoms with Crippen molar-refractivity contribution in [3.8, 4) is 5.75 Å². The number of para-hydroxylation sites is 1. The highest BCUT2D eigenvalue weighted by Gasteiger charge is 2.31. The maximum Gasteiger partial charge on any atom is 0.338 e. The number of nitrogens with zero attached hydrogens (tertiary/aromatic N) is 1. The van der Waals surface area contributed by atoms with E-state index in [9.17, 15) is 23.1 Å². The molecule has 2 aromatic carbocycles. The van der Waals surface area contributed by atoms with E-state index in [0.29, 0.717) is 0 Å². The molecule has 0 unspecified atom stereocenters. The average Bonchev–Trinajstić information content (AvgIpc) is 2.77. The van der Waals surface area contributed by atoms with Gasteiger partial charge in [-0.05, 0) is 43.2 Å². The van der Waals surface area contributed by atoms with Crippen LogP contribution in [0.4, 0.5) is 5.69 Å². The minimum Gasteiger partial charge on any atom is -0.508 e. The van der Waals surface area contributed by atoms with Crippen molar-refractivity contribution in [2.45, 2.75) is 43.0 Å². The molecule has 31 heavy (non-hydrogen) atoms. The van der Waals surface area contributed by atoms with Crippen LogP contribution in [0.15, 0.2) is 53.4 Å². The first-order chi connectivity index (χ1) is 14.8.